The van der Waals surface area contributed by atoms with Crippen molar-refractivity contribution in [2.75, 3.05) is 20.7 Å². The molecule has 0 aromatic carbocycles. The average molecular weight is 856 g/mol. The van der Waals surface area contributed by atoms with E-state index >= 15 is 0 Å². The second-order valence-corrected chi connectivity index (χ2v) is 18.6. The number of ketones is 1. The number of esters is 1. The molecule has 0 spiro atoms. The molecule has 3 rings (SSSR count). The molecule has 0 unspecified atom stereocenters. The number of nitrogens with zero attached hydrogens (tertiary/aromatic N) is 1. The maximum atomic E-state index is 14.1. The lowest BCUT2D eigenvalue weighted by Crippen LogP contribution is -2.61. The van der Waals surface area contributed by atoms with Crippen molar-refractivity contribution in [3.63, 3.8) is 0 Å². The normalized spacial score (nSPS) is 46.2. The molecule has 0 radical (unpaired) electrons. The van der Waals surface area contributed by atoms with E-state index in [2.05, 4.69) is 41.3 Å². The fourth-order valence-electron chi connectivity index (χ4n) is 8.64. The van der Waals surface area contributed by atoms with E-state index in [1.807, 2.05) is 41.7 Å². The topological polar surface area (TPSA) is 153 Å². The molecule has 0 aliphatic carbocycles. The zero-order chi connectivity index (χ0) is 39.5. The van der Waals surface area contributed by atoms with E-state index in [4.69, 9.17) is 28.4 Å². The predicted molar refractivity (Wildman–Crippen MR) is 206 cm³/mol. The first kappa shape index (κ1) is 45.9. The molecule has 3 saturated heterocycles. The first-order valence-corrected chi connectivity index (χ1v) is 20.6. The van der Waals surface area contributed by atoms with Crippen LogP contribution in [0.15, 0.2) is 0 Å². The Morgan fingerprint density at radius 1 is 1.00 bits per heavy atom. The third-order valence-corrected chi connectivity index (χ3v) is 12.9. The molecule has 12 nitrogen and oxygen atoms in total. The highest BCUT2D eigenvalue weighted by atomic mass is 127. The smallest absolute Gasteiger partial charge is 0.311 e. The van der Waals surface area contributed by atoms with Crippen molar-refractivity contribution < 1.29 is 53.3 Å². The Hall–Kier alpha value is -0.490. The Bertz CT molecular complexity index is 1160. The van der Waals surface area contributed by atoms with Crippen LogP contribution in [0, 0.1) is 29.6 Å². The van der Waals surface area contributed by atoms with Crippen LogP contribution in [0.4, 0.5) is 0 Å². The van der Waals surface area contributed by atoms with E-state index in [0.29, 0.717) is 25.2 Å². The number of aliphatic hydroxyl groups excluding tert-OH is 2. The van der Waals surface area contributed by atoms with E-state index in [1.54, 1.807) is 27.7 Å². The van der Waals surface area contributed by atoms with Gasteiger partial charge in [-0.05, 0) is 79.2 Å². The fourth-order valence-corrected chi connectivity index (χ4v) is 10.1. The van der Waals surface area contributed by atoms with Crippen LogP contribution in [0.1, 0.15) is 108 Å². The molecular weight excluding hydrogens is 785 g/mol. The summed E-state index contributed by atoms with van der Waals surface area (Å²) in [6.45, 7) is 21.5. The van der Waals surface area contributed by atoms with Crippen LogP contribution >= 0.6 is 22.6 Å². The number of carbonyl (C=O) groups excluding carboxylic acids is 2. The maximum Gasteiger partial charge on any atom is 0.311 e. The van der Waals surface area contributed by atoms with Gasteiger partial charge >= 0.3 is 5.97 Å². The lowest BCUT2D eigenvalue weighted by molar-refractivity contribution is -0.318. The summed E-state index contributed by atoms with van der Waals surface area (Å²) in [7, 11) is 3.51. The summed E-state index contributed by atoms with van der Waals surface area (Å²) >= 11 is 2.17. The largest absolute Gasteiger partial charge is 0.462 e. The van der Waals surface area contributed by atoms with E-state index < -0.39 is 84.1 Å². The molecule has 3 aliphatic rings. The van der Waals surface area contributed by atoms with Crippen molar-refractivity contribution in [2.24, 2.45) is 29.6 Å². The summed E-state index contributed by atoms with van der Waals surface area (Å²) in [5.41, 5.74) is -2.63. The van der Waals surface area contributed by atoms with Gasteiger partial charge in [-0.3, -0.25) is 9.59 Å². The minimum absolute atomic E-state index is 0.00140. The highest BCUT2D eigenvalue weighted by Gasteiger charge is 2.52. The third kappa shape index (κ3) is 11.1. The highest BCUT2D eigenvalue weighted by Crippen LogP contribution is 2.40. The number of hydrogen-bond acceptors (Lipinski definition) is 12. The van der Waals surface area contributed by atoms with Crippen molar-refractivity contribution in [1.29, 1.82) is 0 Å². The van der Waals surface area contributed by atoms with Gasteiger partial charge in [0.1, 0.15) is 24.1 Å². The Morgan fingerprint density at radius 3 is 2.21 bits per heavy atom. The zero-order valence-electron chi connectivity index (χ0n) is 33.9. The quantitative estimate of drug-likeness (QED) is 0.165. The zero-order valence-corrected chi connectivity index (χ0v) is 36.1. The van der Waals surface area contributed by atoms with Gasteiger partial charge in [0.25, 0.3) is 0 Å². The van der Waals surface area contributed by atoms with Crippen LogP contribution in [0.3, 0.4) is 0 Å². The minimum atomic E-state index is -1.64. The number of alkyl halides is 1. The van der Waals surface area contributed by atoms with Gasteiger partial charge < -0.3 is 48.6 Å². The summed E-state index contributed by atoms with van der Waals surface area (Å²) in [6.07, 6.45) is -5.38. The minimum Gasteiger partial charge on any atom is -0.462 e. The monoisotopic (exact) mass is 855 g/mol. The number of hydrogen-bond donors (Lipinski definition) is 3. The van der Waals surface area contributed by atoms with Gasteiger partial charge in [-0.1, -0.05) is 64.1 Å². The molecule has 3 N–H and O–H groups in total. The predicted octanol–water partition coefficient (Wildman–Crippen LogP) is 4.89. The van der Waals surface area contributed by atoms with Crippen LogP contribution in [-0.2, 0) is 38.0 Å². The molecule has 3 fully saturated rings. The lowest BCUT2D eigenvalue weighted by atomic mass is 9.76. The summed E-state index contributed by atoms with van der Waals surface area (Å²) < 4.78 is 37.5. The Labute approximate surface area is 326 Å². The van der Waals surface area contributed by atoms with Crippen molar-refractivity contribution in [3.05, 3.63) is 0 Å². The van der Waals surface area contributed by atoms with E-state index in [-0.39, 0.29) is 40.6 Å². The van der Waals surface area contributed by atoms with Crippen molar-refractivity contribution in [1.82, 2.24) is 4.90 Å². The number of aliphatic hydroxyl groups is 3. The summed E-state index contributed by atoms with van der Waals surface area (Å²) in [4.78, 5) is 30.0. The number of methoxy groups -OCH3 is 1. The van der Waals surface area contributed by atoms with Gasteiger partial charge in [0.15, 0.2) is 12.6 Å². The Morgan fingerprint density at radius 2 is 1.63 bits per heavy atom. The van der Waals surface area contributed by atoms with E-state index in [9.17, 15) is 24.9 Å². The van der Waals surface area contributed by atoms with E-state index in [1.165, 1.54) is 7.11 Å². The summed E-state index contributed by atoms with van der Waals surface area (Å²) in [5, 5.41) is 35.2. The van der Waals surface area contributed by atoms with Crippen LogP contribution in [0.25, 0.3) is 0 Å². The number of cyclic esters (lactones) is 1. The van der Waals surface area contributed by atoms with Gasteiger partial charge in [0, 0.05) is 38.0 Å². The van der Waals surface area contributed by atoms with Crippen molar-refractivity contribution >= 4 is 34.3 Å². The first-order chi connectivity index (χ1) is 24.1. The van der Waals surface area contributed by atoms with Gasteiger partial charge in [-0.15, -0.1) is 0 Å². The maximum absolute atomic E-state index is 14.1. The van der Waals surface area contributed by atoms with Gasteiger partial charge in [-0.2, -0.15) is 0 Å². The van der Waals surface area contributed by atoms with Crippen LogP contribution in [0.2, 0.25) is 0 Å². The fraction of sp³-hybridized carbons (Fsp3) is 0.949. The first-order valence-electron chi connectivity index (χ1n) is 19.4. The van der Waals surface area contributed by atoms with Gasteiger partial charge in [-0.25, -0.2) is 0 Å². The third-order valence-electron chi connectivity index (χ3n) is 11.8. The van der Waals surface area contributed by atoms with Gasteiger partial charge in [0.2, 0.25) is 0 Å². The van der Waals surface area contributed by atoms with Crippen molar-refractivity contribution in [2.45, 2.75) is 185 Å². The molecule has 0 amide bonds. The molecule has 304 valence electrons. The number of rotatable bonds is 9. The van der Waals surface area contributed by atoms with Crippen LogP contribution in [-0.4, -0.2) is 129 Å². The Kier molecular flexibility index (Phi) is 16.9. The number of Topliss-reactive ketones (excluding diaryl/α,β-unsaturated/α-hetero) is 1. The second kappa shape index (κ2) is 19.1. The molecule has 0 aromatic rings. The second-order valence-electron chi connectivity index (χ2n) is 17.1. The number of halogens is 1. The molecule has 17 atom stereocenters. The molecule has 0 aromatic heterocycles. The molecular formula is C39H70INO11. The van der Waals surface area contributed by atoms with Crippen molar-refractivity contribution in [3.8, 4) is 0 Å². The lowest BCUT2D eigenvalue weighted by Gasteiger charge is -2.49. The molecule has 0 saturated carbocycles. The van der Waals surface area contributed by atoms with Crippen LogP contribution < -0.4 is 0 Å². The molecule has 13 heteroatoms. The highest BCUT2D eigenvalue weighted by molar-refractivity contribution is 14.1. The number of likely N-dealkylation sites (N-methyl/N-ethyl adjacent to an activating group) is 1. The molecule has 0 bridgehead atoms. The summed E-state index contributed by atoms with van der Waals surface area (Å²) in [6, 6.07) is -0.264. The molecule has 52 heavy (non-hydrogen) atoms. The molecule has 3 aliphatic heterocycles. The SMILES string of the molecule is CC[C@H]1OC(=O)[C@H](C)[C@@H](O[C@H]2C[C@@](C)(OC)[C@@H](O)[C@H](C)O2)[C@H](C)[C@@H](O[C@@H]2O[C@H](C)C[C@H](N(C)CC(C)C)[C@H]2O)[C@](C)(O)C[C@@H](C)C(=O)[C@H](I)C[C@H]1C. The number of ether oxygens (including phenoxy) is 6. The number of carbonyl (C=O) groups is 2. The summed E-state index contributed by atoms with van der Waals surface area (Å²) in [5.74, 6) is -2.30. The van der Waals surface area contributed by atoms with Crippen LogP contribution in [0.5, 0.6) is 0 Å². The van der Waals surface area contributed by atoms with E-state index in [0.717, 1.165) is 6.54 Å². The standard InChI is InChI=1S/C39H70INO11/c1-14-29-21(4)15-27(40)31(42)22(5)17-38(10,46)35(52-37-32(43)28(16-23(6)48-37)41(12)19-20(2)3)24(7)33(25(8)36(45)50-29)51-30-18-39(11,47-13)34(44)26(9)49-30/h20-30,32-35,37,43-44,46H,14-19H2,1-13H3/t21-,22-,23-,24+,25-,26+,27-,28+,29-,30+,32-,33+,34+,35-,37+,38-,39-/m1/s1. The average Bonchev–Trinajstić information content (AvgIpc) is 3.06. The van der Waals surface area contributed by atoms with Gasteiger partial charge in [0.05, 0.1) is 45.5 Å². The Balaban J connectivity index is 2.13. The molecule has 3 heterocycles.